The van der Waals surface area contributed by atoms with Crippen LogP contribution in [-0.2, 0) is 67.2 Å². The summed E-state index contributed by atoms with van der Waals surface area (Å²) in [5.41, 5.74) is 32.4. The molecule has 26 rings (SSSR count). The summed E-state index contributed by atoms with van der Waals surface area (Å²) in [6.45, 7) is 19.4. The second-order valence-electron chi connectivity index (χ2n) is 36.4. The number of aromatic nitrogens is 2. The van der Waals surface area contributed by atoms with Crippen molar-refractivity contribution in [2.24, 2.45) is 5.92 Å². The first-order chi connectivity index (χ1) is 63.3. The molecule has 2 aliphatic carbocycles. The maximum absolute atomic E-state index is 6.14. The van der Waals surface area contributed by atoms with Gasteiger partial charge in [-0.2, -0.15) is 59.6 Å². The summed E-state index contributed by atoms with van der Waals surface area (Å²) in [5.74, 6) is 2.54. The Morgan fingerprint density at radius 3 is 1.61 bits per heavy atom. The Balaban J connectivity index is 0.000000110. The van der Waals surface area contributed by atoms with Crippen LogP contribution in [-0.4, -0.2) is 67.1 Å². The van der Waals surface area contributed by atoms with Crippen molar-refractivity contribution in [2.45, 2.75) is 127 Å². The molecule has 0 amide bonds. The Kier molecular flexibility index (Phi) is 26.8. The number of likely N-dealkylation sites (N-methyl/N-ethyl adjacent to an activating group) is 3. The van der Waals surface area contributed by atoms with Crippen LogP contribution in [0.1, 0.15) is 140 Å². The predicted octanol–water partition coefficient (Wildman–Crippen LogP) is 28.3. The van der Waals surface area contributed by atoms with Gasteiger partial charge < -0.3 is 54.3 Å². The summed E-state index contributed by atoms with van der Waals surface area (Å²) in [4.78, 5) is 18.7. The predicted molar refractivity (Wildman–Crippen MR) is 541 cm³/mol. The number of pyridine rings is 1. The monoisotopic (exact) mass is 2030 g/mol. The van der Waals surface area contributed by atoms with Crippen molar-refractivity contribution in [3.05, 3.63) is 405 Å². The number of hydrogen-bond acceptors (Lipinski definition) is 9. The Labute approximate surface area is 815 Å². The molecule has 13 aromatic carbocycles. The van der Waals surface area contributed by atoms with Gasteiger partial charge in [0.15, 0.2) is 11.3 Å². The van der Waals surface area contributed by atoms with E-state index in [9.17, 15) is 0 Å². The number of fused-ring (bicyclic) bond motifs is 20. The van der Waals surface area contributed by atoms with E-state index in [4.69, 9.17) is 9.73 Å². The van der Waals surface area contributed by atoms with Crippen LogP contribution in [0.5, 0.6) is 0 Å². The van der Waals surface area contributed by atoms with Crippen LogP contribution in [0.25, 0.3) is 71.2 Å². The molecular weight excluding hydrogens is 1920 g/mol. The number of nitrogens with zero attached hydrogens (tertiary/aromatic N) is 12. The van der Waals surface area contributed by atoms with E-state index in [-0.39, 0.29) is 54.2 Å². The molecule has 2 saturated carbocycles. The van der Waals surface area contributed by atoms with Crippen LogP contribution in [0.2, 0.25) is 0 Å². The molecule has 16 aromatic rings. The number of anilines is 8. The largest absolute Gasteiger partial charge is 0.774 e. The third kappa shape index (κ3) is 16.8. The first kappa shape index (κ1) is 90.6. The minimum absolute atomic E-state index is 0. The molecule has 0 bridgehead atoms. The molecule has 0 saturated heterocycles. The molecule has 3 aromatic heterocycles. The van der Waals surface area contributed by atoms with Gasteiger partial charge in [0, 0.05) is 144 Å². The van der Waals surface area contributed by atoms with E-state index in [1.165, 1.54) is 176 Å². The molecule has 0 N–H and O–H groups in total. The van der Waals surface area contributed by atoms with Gasteiger partial charge in [-0.1, -0.05) is 219 Å². The van der Waals surface area contributed by atoms with Gasteiger partial charge in [0.1, 0.15) is 42.3 Å². The molecular formula is C115H111Cu2IrN12OP-6. The fourth-order valence-electron chi connectivity index (χ4n) is 21.7. The molecule has 132 heavy (non-hydrogen) atoms. The number of imidazole rings is 1. The van der Waals surface area contributed by atoms with Crippen molar-refractivity contribution < 1.29 is 63.2 Å². The normalized spacial score (nSPS) is 17.6. The zero-order valence-electron chi connectivity index (χ0n) is 75.7. The van der Waals surface area contributed by atoms with Gasteiger partial charge in [-0.25, -0.2) is 42.0 Å². The summed E-state index contributed by atoms with van der Waals surface area (Å²) >= 11 is 0. The number of rotatable bonds is 11. The topological polar surface area (TPSA) is 75.6 Å². The summed E-state index contributed by atoms with van der Waals surface area (Å²) < 4.78 is 11.3. The van der Waals surface area contributed by atoms with Gasteiger partial charge >= 0.3 is 0 Å². The van der Waals surface area contributed by atoms with E-state index in [2.05, 4.69) is 294 Å². The average Bonchev–Trinajstić information content (AvgIpc) is 1.50. The van der Waals surface area contributed by atoms with Gasteiger partial charge in [-0.3, -0.25) is 17.1 Å². The average molecular weight is 2030 g/mol. The minimum Gasteiger partial charge on any atom is -0.774 e. The number of benzene rings is 13. The Bertz CT molecular complexity index is 6770. The Hall–Kier alpha value is -11.9. The first-order valence-corrected chi connectivity index (χ1v) is 47.5. The van der Waals surface area contributed by atoms with Gasteiger partial charge in [-0.05, 0) is 140 Å². The van der Waals surface area contributed by atoms with Crippen LogP contribution in [0.4, 0.5) is 68.2 Å². The third-order valence-electron chi connectivity index (χ3n) is 27.9. The van der Waals surface area contributed by atoms with Crippen LogP contribution in [0.3, 0.4) is 0 Å². The van der Waals surface area contributed by atoms with Crippen molar-refractivity contribution in [3.63, 3.8) is 0 Å². The molecule has 4 unspecified atom stereocenters. The number of hydrogen-bond donors (Lipinski definition) is 0. The molecule has 11 heterocycles. The van der Waals surface area contributed by atoms with E-state index in [0.717, 1.165) is 83.8 Å². The van der Waals surface area contributed by atoms with Crippen molar-refractivity contribution in [1.82, 2.24) is 14.2 Å². The van der Waals surface area contributed by atoms with Crippen molar-refractivity contribution in [2.75, 3.05) is 63.8 Å². The molecule has 13 nitrogen and oxygen atoms in total. The molecule has 679 valence electrons. The minimum atomic E-state index is 0. The van der Waals surface area contributed by atoms with Crippen LogP contribution in [0.15, 0.2) is 321 Å². The molecule has 8 aliphatic heterocycles. The van der Waals surface area contributed by atoms with Gasteiger partial charge in [0.2, 0.25) is 0 Å². The smallest absolute Gasteiger partial charge is 0.295 e. The Morgan fingerprint density at radius 2 is 1.02 bits per heavy atom. The second-order valence-corrected chi connectivity index (χ2v) is 37.7. The van der Waals surface area contributed by atoms with Gasteiger partial charge in [-0.15, -0.1) is 47.8 Å². The fraction of sp³-hybridized carbons (Fsp3) is 0.226. The van der Waals surface area contributed by atoms with Gasteiger partial charge in [0.25, 0.3) is 5.65 Å². The van der Waals surface area contributed by atoms with E-state index < -0.39 is 0 Å². The second kappa shape index (κ2) is 39.1. The summed E-state index contributed by atoms with van der Waals surface area (Å²) in [6.07, 6.45) is 27.8. The molecule has 4 atom stereocenters. The van der Waals surface area contributed by atoms with Gasteiger partial charge in [0.05, 0.1) is 39.7 Å². The SMILES string of the molecule is CN1C=CN(c2[c-]cccc2)[CH-]1.CN1C=CN2c3c(ccc4c3oc3ccccc34)CC12.CN1c2ccccc2N2c3cccc4c3C(C12)C1N(C)c2ccccc2N41.[CH2-]c1ccccc1[N-]c1ccccc1PCC(C)C.[CH2-]c1ccccc1[N-]c1ccccc1[CH2-].[Cu].[Cu].[Ir].c1cc(C2CCCCC2)c(-c2c[n+]3c4c5c(cccc5c5ccccc5n24)C3)c(C2CCCCC2)c1. The summed E-state index contributed by atoms with van der Waals surface area (Å²) in [6, 6.07) is 104. The maximum atomic E-state index is 6.14. The van der Waals surface area contributed by atoms with Crippen molar-refractivity contribution in [3.8, 4) is 11.3 Å². The van der Waals surface area contributed by atoms with Crippen molar-refractivity contribution >= 4 is 131 Å². The number of para-hydroxylation sites is 11. The van der Waals surface area contributed by atoms with E-state index >= 15 is 0 Å². The quantitative estimate of drug-likeness (QED) is 0.0414. The van der Waals surface area contributed by atoms with Crippen LogP contribution in [0, 0.1) is 39.4 Å². The fourth-order valence-corrected chi connectivity index (χ4v) is 22.9. The standard InChI is InChI=1S/C34H35N2.C23H20N4.C17H14N2O.C17H20NP.C14H12N.C10H10N2.2Cu.Ir/c1-3-11-23(12-4-1)26-17-10-18-27(24-13-5-2-6-14-24)33(26)31-22-35-21-25-15-9-19-29-28-16-7-8-20-30(28)36(31)34(35)32(25)29;1-24-14-8-3-5-10-16(14)26-18-12-7-13-19-20(18)21(22(24)26)23-25(2)15-9-4-6-11-17(15)27(19)23;1-18-8-9-19-15(18)10-11-6-7-13-12-4-2-3-5-14(12)20-17(13)16(11)19;1-13(2)12-19-17-11-7-6-10-16(17)18-15-9-5-4-8-14(15)3;1-11-7-3-5-9-13(11)15-14-10-6-4-8-12(14)2;1-11-7-8-12(9-11)10-5-3-2-4-6-10;;;/h7-10,15-20,22-24H,1-6,11-14,21H2;3-13,21-23H,1-2H3;2-9,15H,10H2,1H3;4-11,13,19H,3,12H2,1-2H3;3-10H,1-2H2;2-5,7-9H,1H3;;;/q+1;;;-2;-3;-2;;;. The van der Waals surface area contributed by atoms with E-state index in [1.54, 1.807) is 16.7 Å². The molecule has 0 spiro atoms. The zero-order valence-corrected chi connectivity index (χ0v) is 80.9. The Morgan fingerprint density at radius 1 is 0.492 bits per heavy atom. The molecule has 3 radical (unpaired) electrons. The van der Waals surface area contributed by atoms with Crippen molar-refractivity contribution in [1.29, 1.82) is 0 Å². The summed E-state index contributed by atoms with van der Waals surface area (Å²) in [5, 5.41) is 17.3. The molecule has 17 heteroatoms. The summed E-state index contributed by atoms with van der Waals surface area (Å²) in [7, 11) is 9.44. The number of furan rings is 1. The molecule has 10 aliphatic rings. The van der Waals surface area contributed by atoms with E-state index in [1.807, 2.05) is 151 Å². The maximum Gasteiger partial charge on any atom is 0.295 e. The third-order valence-corrected chi connectivity index (χ3v) is 29.7. The zero-order chi connectivity index (χ0) is 87.5. The van der Waals surface area contributed by atoms with Crippen LogP contribution >= 0.6 is 8.58 Å². The first-order valence-electron chi connectivity index (χ1n) is 46.3. The molecule has 2 fully saturated rings. The van der Waals surface area contributed by atoms with Crippen LogP contribution < -0.4 is 39.3 Å². The van der Waals surface area contributed by atoms with E-state index in [0.29, 0.717) is 36.3 Å².